The summed E-state index contributed by atoms with van der Waals surface area (Å²) in [7, 11) is -1.73. The van der Waals surface area contributed by atoms with Crippen LogP contribution in [0, 0.1) is 0 Å². The number of halogens is 3. The van der Waals surface area contributed by atoms with Crippen LogP contribution in [-0.4, -0.2) is 57.6 Å². The van der Waals surface area contributed by atoms with E-state index in [1.165, 1.54) is 7.05 Å². The number of carbonyl (C=O) groups is 1. The highest BCUT2D eigenvalue weighted by molar-refractivity contribution is 6.99. The fraction of sp³-hybridized carbons (Fsp3) is 0.500. The maximum Gasteiger partial charge on any atom is 0.471 e. The van der Waals surface area contributed by atoms with Crippen LogP contribution in [0.5, 0.6) is 0 Å². The monoisotopic (exact) mass is 494 g/mol. The molecule has 1 N–H and O–H groups in total. The first-order valence-corrected chi connectivity index (χ1v) is 13.5. The van der Waals surface area contributed by atoms with Crippen LogP contribution in [0.3, 0.4) is 0 Å². The van der Waals surface area contributed by atoms with Crippen LogP contribution >= 0.6 is 0 Å². The summed E-state index contributed by atoms with van der Waals surface area (Å²) in [5.74, 6) is -1.85. The first-order chi connectivity index (χ1) is 15.8. The average Bonchev–Trinajstić information content (AvgIpc) is 2.77. The number of likely N-dealkylation sites (N-methyl/N-ethyl adjacent to an activating group) is 1. The van der Waals surface area contributed by atoms with Crippen LogP contribution in [0.4, 0.5) is 13.2 Å². The molecule has 0 aromatic heterocycles. The van der Waals surface area contributed by atoms with Gasteiger partial charge >= 0.3 is 12.1 Å². The minimum Gasteiger partial charge on any atom is -0.405 e. The molecular formula is C26H37F3N2O2Si. The molecule has 0 saturated carbocycles. The molecule has 0 aliphatic heterocycles. The highest BCUT2D eigenvalue weighted by Crippen LogP contribution is 2.37. The summed E-state index contributed by atoms with van der Waals surface area (Å²) in [6.07, 6.45) is -4.59. The molecule has 0 fully saturated rings. The molecule has 0 bridgehead atoms. The Morgan fingerprint density at radius 3 is 1.82 bits per heavy atom. The third-order valence-electron chi connectivity index (χ3n) is 6.05. The maximum absolute atomic E-state index is 13.3. The van der Waals surface area contributed by atoms with Gasteiger partial charge in [0, 0.05) is 13.1 Å². The largest absolute Gasteiger partial charge is 0.471 e. The van der Waals surface area contributed by atoms with E-state index in [0.717, 1.165) is 15.3 Å². The van der Waals surface area contributed by atoms with Gasteiger partial charge in [-0.3, -0.25) is 4.79 Å². The zero-order valence-corrected chi connectivity index (χ0v) is 21.9. The summed E-state index contributed by atoms with van der Waals surface area (Å²) in [5, 5.41) is 5.00. The van der Waals surface area contributed by atoms with Crippen molar-refractivity contribution in [1.82, 2.24) is 10.2 Å². The van der Waals surface area contributed by atoms with Gasteiger partial charge in [0.1, 0.15) is 0 Å². The van der Waals surface area contributed by atoms with E-state index >= 15 is 0 Å². The molecule has 0 aliphatic rings. The molecule has 188 valence electrons. The number of benzene rings is 2. The predicted octanol–water partition coefficient (Wildman–Crippen LogP) is 4.34. The second-order valence-electron chi connectivity index (χ2n) is 9.94. The van der Waals surface area contributed by atoms with Crippen LogP contribution in [0.15, 0.2) is 60.7 Å². The van der Waals surface area contributed by atoms with Crippen molar-refractivity contribution in [3.63, 3.8) is 0 Å². The van der Waals surface area contributed by atoms with Gasteiger partial charge in [0.05, 0.1) is 12.6 Å². The Morgan fingerprint density at radius 1 is 0.971 bits per heavy atom. The molecule has 0 spiro atoms. The minimum absolute atomic E-state index is 0.00533. The maximum atomic E-state index is 13.3. The summed E-state index contributed by atoms with van der Waals surface area (Å²) < 4.78 is 46.6. The van der Waals surface area contributed by atoms with Gasteiger partial charge in [0.15, 0.2) is 0 Å². The number of nitrogens with one attached hydrogen (secondary N) is 1. The number of rotatable bonds is 10. The van der Waals surface area contributed by atoms with E-state index in [4.69, 9.17) is 4.43 Å². The van der Waals surface area contributed by atoms with E-state index in [1.807, 2.05) is 74.5 Å². The molecule has 2 rings (SSSR count). The first-order valence-electron chi connectivity index (χ1n) is 11.6. The van der Waals surface area contributed by atoms with E-state index in [0.29, 0.717) is 13.0 Å². The summed E-state index contributed by atoms with van der Waals surface area (Å²) in [4.78, 5) is 12.9. The Bertz CT molecular complexity index is 860. The summed E-state index contributed by atoms with van der Waals surface area (Å²) >= 11 is 0. The lowest BCUT2D eigenvalue weighted by Gasteiger charge is -2.44. The van der Waals surface area contributed by atoms with Gasteiger partial charge in [-0.2, -0.15) is 13.2 Å². The van der Waals surface area contributed by atoms with Crippen molar-refractivity contribution in [1.29, 1.82) is 0 Å². The summed E-state index contributed by atoms with van der Waals surface area (Å²) in [6.45, 7) is 10.8. The molecule has 0 aliphatic carbocycles. The summed E-state index contributed by atoms with van der Waals surface area (Å²) in [6, 6.07) is 19.3. The van der Waals surface area contributed by atoms with E-state index in [-0.39, 0.29) is 17.7 Å². The lowest BCUT2D eigenvalue weighted by molar-refractivity contribution is -0.186. The Kier molecular flexibility index (Phi) is 9.50. The summed E-state index contributed by atoms with van der Waals surface area (Å²) in [5.41, 5.74) is 0. The van der Waals surface area contributed by atoms with Crippen molar-refractivity contribution in [3.8, 4) is 0 Å². The van der Waals surface area contributed by atoms with Crippen molar-refractivity contribution in [2.75, 3.05) is 20.2 Å². The van der Waals surface area contributed by atoms with Crippen LogP contribution < -0.4 is 15.7 Å². The van der Waals surface area contributed by atoms with Crippen LogP contribution in [0.1, 0.15) is 41.0 Å². The number of hydrogen-bond donors (Lipinski definition) is 1. The van der Waals surface area contributed by atoms with Crippen molar-refractivity contribution in [3.05, 3.63) is 60.7 Å². The van der Waals surface area contributed by atoms with E-state index in [2.05, 4.69) is 26.1 Å². The molecular weight excluding hydrogens is 457 g/mol. The minimum atomic E-state index is -4.93. The lowest BCUT2D eigenvalue weighted by atomic mass is 10.2. The van der Waals surface area contributed by atoms with Gasteiger partial charge in [-0.25, -0.2) is 0 Å². The average molecular weight is 495 g/mol. The molecule has 2 aromatic rings. The smallest absolute Gasteiger partial charge is 0.405 e. The molecule has 0 unspecified atom stereocenters. The Labute approximate surface area is 202 Å². The molecule has 2 aromatic carbocycles. The zero-order valence-electron chi connectivity index (χ0n) is 20.9. The second-order valence-corrected chi connectivity index (χ2v) is 14.2. The Balaban J connectivity index is 2.49. The van der Waals surface area contributed by atoms with Crippen LogP contribution in [0.25, 0.3) is 0 Å². The fourth-order valence-corrected chi connectivity index (χ4v) is 8.87. The molecule has 0 heterocycles. The number of carbonyl (C=O) groups excluding carboxylic acids is 1. The van der Waals surface area contributed by atoms with Gasteiger partial charge in [-0.15, -0.1) is 0 Å². The third-order valence-corrected chi connectivity index (χ3v) is 11.1. The Hall–Kier alpha value is -2.16. The van der Waals surface area contributed by atoms with Gasteiger partial charge < -0.3 is 14.6 Å². The van der Waals surface area contributed by atoms with E-state index in [1.54, 1.807) is 0 Å². The highest BCUT2D eigenvalue weighted by atomic mass is 28.4. The molecule has 1 amide bonds. The van der Waals surface area contributed by atoms with Gasteiger partial charge in [-0.1, -0.05) is 95.3 Å². The number of amides is 1. The van der Waals surface area contributed by atoms with Gasteiger partial charge in [0.2, 0.25) is 0 Å². The Morgan fingerprint density at radius 2 is 1.44 bits per heavy atom. The fourth-order valence-electron chi connectivity index (χ4n) is 4.28. The van der Waals surface area contributed by atoms with Gasteiger partial charge in [-0.05, 0) is 28.4 Å². The van der Waals surface area contributed by atoms with Crippen molar-refractivity contribution >= 4 is 24.6 Å². The van der Waals surface area contributed by atoms with Gasteiger partial charge in [0.25, 0.3) is 8.32 Å². The number of hydrogen-bond acceptors (Lipinski definition) is 3. The molecule has 4 nitrogen and oxygen atoms in total. The SMILES string of the molecule is CC(C)NCC[C@@H](CO[Si](c1ccccc1)(c1ccccc1)C(C)(C)C)N(C)C(=O)C(F)(F)F. The van der Waals surface area contributed by atoms with Crippen molar-refractivity contribution in [2.24, 2.45) is 0 Å². The standard InChI is InChI=1S/C26H37F3N2O2Si/c1-20(2)30-18-17-21(31(6)24(32)26(27,28)29)19-33-34(25(3,4)5,22-13-9-7-10-14-22)23-15-11-8-12-16-23/h7-16,20-21,30H,17-19H2,1-6H3/t21-/m0/s1. The molecule has 0 saturated heterocycles. The van der Waals surface area contributed by atoms with E-state index < -0.39 is 26.4 Å². The van der Waals surface area contributed by atoms with Crippen molar-refractivity contribution in [2.45, 2.75) is 64.3 Å². The second kappa shape index (κ2) is 11.5. The molecule has 1 atom stereocenters. The number of nitrogens with zero attached hydrogens (tertiary/aromatic N) is 1. The highest BCUT2D eigenvalue weighted by Gasteiger charge is 2.51. The van der Waals surface area contributed by atoms with Crippen LogP contribution in [-0.2, 0) is 9.22 Å². The first kappa shape index (κ1) is 28.1. The molecule has 8 heteroatoms. The quantitative estimate of drug-likeness (QED) is 0.500. The molecule has 0 radical (unpaired) electrons. The molecule has 34 heavy (non-hydrogen) atoms. The third kappa shape index (κ3) is 6.70. The topological polar surface area (TPSA) is 41.6 Å². The van der Waals surface area contributed by atoms with Crippen molar-refractivity contribution < 1.29 is 22.4 Å². The lowest BCUT2D eigenvalue weighted by Crippen LogP contribution is -2.67. The zero-order chi connectivity index (χ0) is 25.6. The van der Waals surface area contributed by atoms with E-state index in [9.17, 15) is 18.0 Å². The number of alkyl halides is 3. The predicted molar refractivity (Wildman–Crippen MR) is 134 cm³/mol. The van der Waals surface area contributed by atoms with Crippen LogP contribution in [0.2, 0.25) is 5.04 Å². The normalized spacial score (nSPS) is 13.7.